The highest BCUT2D eigenvalue weighted by atomic mass is 16.6. The summed E-state index contributed by atoms with van der Waals surface area (Å²) in [5.41, 5.74) is -1.14. The van der Waals surface area contributed by atoms with Crippen LogP contribution in [-0.2, 0) is 9.53 Å². The summed E-state index contributed by atoms with van der Waals surface area (Å²) in [6.07, 6.45) is 2.56. The summed E-state index contributed by atoms with van der Waals surface area (Å²) >= 11 is 0. The predicted octanol–water partition coefficient (Wildman–Crippen LogP) is 1.13. The van der Waals surface area contributed by atoms with Gasteiger partial charge in [0.2, 0.25) is 6.08 Å². The number of isocyanates is 1. The highest BCUT2D eigenvalue weighted by Crippen LogP contribution is 2.73. The van der Waals surface area contributed by atoms with Crippen LogP contribution in [0.1, 0.15) is 33.6 Å². The number of amides is 1. The lowest BCUT2D eigenvalue weighted by atomic mass is 10.2. The first-order valence-electron chi connectivity index (χ1n) is 4.93. The van der Waals surface area contributed by atoms with Crippen LogP contribution in [0.4, 0.5) is 4.79 Å². The average molecular weight is 210 g/mol. The molecule has 0 heterocycles. The van der Waals surface area contributed by atoms with Gasteiger partial charge in [-0.1, -0.05) is 0 Å². The molecule has 2 saturated carbocycles. The minimum Gasteiger partial charge on any atom is -0.444 e. The number of fused-ring (bicyclic) bond motifs is 1. The second kappa shape index (κ2) is 2.61. The van der Waals surface area contributed by atoms with E-state index in [1.165, 1.54) is 0 Å². The molecule has 2 aliphatic rings. The summed E-state index contributed by atoms with van der Waals surface area (Å²) in [7, 11) is 0. The standard InChI is InChI=1S/C10H14N2O3/c1-8(2,3)15-7(14)12-10-4-9(10,5-10)11-6-13/h4-5H2,1-3H3,(H,12,14). The van der Waals surface area contributed by atoms with Crippen molar-refractivity contribution in [2.24, 2.45) is 4.99 Å². The predicted molar refractivity (Wildman–Crippen MR) is 52.2 cm³/mol. The number of carbonyl (C=O) groups is 1. The summed E-state index contributed by atoms with van der Waals surface area (Å²) in [6, 6.07) is 0. The molecule has 1 N–H and O–H groups in total. The topological polar surface area (TPSA) is 67.8 Å². The van der Waals surface area contributed by atoms with Crippen molar-refractivity contribution in [2.45, 2.75) is 50.3 Å². The third-order valence-electron chi connectivity index (χ3n) is 2.83. The van der Waals surface area contributed by atoms with Crippen LogP contribution >= 0.6 is 0 Å². The van der Waals surface area contributed by atoms with E-state index in [4.69, 9.17) is 4.74 Å². The smallest absolute Gasteiger partial charge is 0.408 e. The van der Waals surface area contributed by atoms with Crippen molar-refractivity contribution in [1.82, 2.24) is 5.32 Å². The number of aliphatic imine (C=N–C) groups is 1. The third kappa shape index (κ3) is 1.63. The zero-order valence-electron chi connectivity index (χ0n) is 9.09. The van der Waals surface area contributed by atoms with E-state index in [9.17, 15) is 9.59 Å². The van der Waals surface area contributed by atoms with Crippen molar-refractivity contribution in [3.05, 3.63) is 0 Å². The van der Waals surface area contributed by atoms with E-state index in [0.717, 1.165) is 12.8 Å². The Labute approximate surface area is 87.9 Å². The molecule has 82 valence electrons. The molecule has 0 saturated heterocycles. The Hall–Kier alpha value is -1.35. The number of nitrogens with one attached hydrogen (secondary N) is 1. The molecule has 15 heavy (non-hydrogen) atoms. The minimum absolute atomic E-state index is 0.299. The van der Waals surface area contributed by atoms with Crippen molar-refractivity contribution >= 4 is 12.2 Å². The van der Waals surface area contributed by atoms with Crippen molar-refractivity contribution in [2.75, 3.05) is 0 Å². The molecule has 2 rings (SSSR count). The Kier molecular flexibility index (Phi) is 1.77. The molecular formula is C10H14N2O3. The number of alkyl carbamates (subject to hydrolysis) is 1. The van der Waals surface area contributed by atoms with Crippen LogP contribution in [0.2, 0.25) is 0 Å². The van der Waals surface area contributed by atoms with Gasteiger partial charge in [-0.25, -0.2) is 9.59 Å². The second-order valence-corrected chi connectivity index (χ2v) is 5.30. The van der Waals surface area contributed by atoms with Crippen LogP contribution in [0.3, 0.4) is 0 Å². The molecule has 2 fully saturated rings. The van der Waals surface area contributed by atoms with E-state index in [0.29, 0.717) is 0 Å². The fraction of sp³-hybridized carbons (Fsp3) is 0.800. The molecule has 0 aromatic heterocycles. The van der Waals surface area contributed by atoms with Crippen molar-refractivity contribution in [1.29, 1.82) is 0 Å². The van der Waals surface area contributed by atoms with Crippen LogP contribution in [-0.4, -0.2) is 28.9 Å². The number of hydrogen-bond acceptors (Lipinski definition) is 4. The summed E-state index contributed by atoms with van der Waals surface area (Å²) in [6.45, 7) is 5.42. The Bertz CT molecular complexity index is 357. The molecule has 0 bridgehead atoms. The quantitative estimate of drug-likeness (QED) is 0.548. The van der Waals surface area contributed by atoms with Gasteiger partial charge < -0.3 is 10.1 Å². The molecule has 0 aliphatic heterocycles. The van der Waals surface area contributed by atoms with E-state index in [2.05, 4.69) is 10.3 Å². The average Bonchev–Trinajstić information content (AvgIpc) is 2.69. The van der Waals surface area contributed by atoms with E-state index in [-0.39, 0.29) is 11.1 Å². The van der Waals surface area contributed by atoms with Crippen LogP contribution in [0.15, 0.2) is 4.99 Å². The van der Waals surface area contributed by atoms with Gasteiger partial charge in [0.05, 0.1) is 5.54 Å². The normalized spacial score (nSPS) is 35.9. The summed E-state index contributed by atoms with van der Waals surface area (Å²) in [5, 5.41) is 2.75. The number of rotatable bonds is 2. The highest BCUT2D eigenvalue weighted by molar-refractivity contribution is 5.73. The van der Waals surface area contributed by atoms with Gasteiger partial charge in [0.25, 0.3) is 0 Å². The monoisotopic (exact) mass is 210 g/mol. The van der Waals surface area contributed by atoms with Gasteiger partial charge >= 0.3 is 6.09 Å². The molecule has 0 atom stereocenters. The third-order valence-corrected chi connectivity index (χ3v) is 2.83. The largest absolute Gasteiger partial charge is 0.444 e. The Morgan fingerprint density at radius 3 is 2.53 bits per heavy atom. The molecule has 0 unspecified atom stereocenters. The van der Waals surface area contributed by atoms with Gasteiger partial charge in [-0.2, -0.15) is 4.99 Å². The molecule has 0 aromatic rings. The maximum absolute atomic E-state index is 11.4. The maximum atomic E-state index is 11.4. The SMILES string of the molecule is CC(C)(C)OC(=O)NC12CC1(N=C=O)C2. The molecule has 2 aliphatic carbocycles. The summed E-state index contributed by atoms with van der Waals surface area (Å²) in [5.74, 6) is 0. The van der Waals surface area contributed by atoms with Gasteiger partial charge in [0.15, 0.2) is 0 Å². The second-order valence-electron chi connectivity index (χ2n) is 5.30. The van der Waals surface area contributed by atoms with E-state index < -0.39 is 11.7 Å². The molecule has 0 spiro atoms. The van der Waals surface area contributed by atoms with Crippen LogP contribution in [0, 0.1) is 0 Å². The maximum Gasteiger partial charge on any atom is 0.408 e. The van der Waals surface area contributed by atoms with E-state index in [1.54, 1.807) is 26.9 Å². The van der Waals surface area contributed by atoms with Crippen LogP contribution in [0.5, 0.6) is 0 Å². The number of nitrogens with zero attached hydrogens (tertiary/aromatic N) is 1. The molecular weight excluding hydrogens is 196 g/mol. The summed E-state index contributed by atoms with van der Waals surface area (Å²) in [4.78, 5) is 25.2. The Morgan fingerprint density at radius 2 is 2.07 bits per heavy atom. The lowest BCUT2D eigenvalue weighted by molar-refractivity contribution is 0.0511. The first kappa shape index (κ1) is 10.2. The van der Waals surface area contributed by atoms with Crippen molar-refractivity contribution in [3.63, 3.8) is 0 Å². The zero-order chi connectivity index (χ0) is 11.3. The van der Waals surface area contributed by atoms with E-state index >= 15 is 0 Å². The molecule has 5 heteroatoms. The molecule has 0 radical (unpaired) electrons. The first-order valence-corrected chi connectivity index (χ1v) is 4.93. The van der Waals surface area contributed by atoms with Gasteiger partial charge in [0, 0.05) is 12.8 Å². The van der Waals surface area contributed by atoms with Crippen LogP contribution in [0.25, 0.3) is 0 Å². The van der Waals surface area contributed by atoms with Gasteiger partial charge in [-0.05, 0) is 20.8 Å². The highest BCUT2D eigenvalue weighted by Gasteiger charge is 2.86. The van der Waals surface area contributed by atoms with E-state index in [1.807, 2.05) is 0 Å². The number of ether oxygens (including phenoxy) is 1. The molecule has 5 nitrogen and oxygen atoms in total. The zero-order valence-corrected chi connectivity index (χ0v) is 9.09. The number of carbonyl (C=O) groups excluding carboxylic acids is 2. The van der Waals surface area contributed by atoms with Gasteiger partial charge in [-0.3, -0.25) is 0 Å². The van der Waals surface area contributed by atoms with Crippen molar-refractivity contribution < 1.29 is 14.3 Å². The van der Waals surface area contributed by atoms with Gasteiger partial charge in [-0.15, -0.1) is 0 Å². The lowest BCUT2D eigenvalue weighted by Crippen LogP contribution is -2.36. The Balaban J connectivity index is 1.87. The van der Waals surface area contributed by atoms with Crippen molar-refractivity contribution in [3.8, 4) is 0 Å². The fourth-order valence-electron chi connectivity index (χ4n) is 1.84. The Morgan fingerprint density at radius 1 is 1.47 bits per heavy atom. The fourth-order valence-corrected chi connectivity index (χ4v) is 1.84. The minimum atomic E-state index is -0.499. The van der Waals surface area contributed by atoms with Crippen LogP contribution < -0.4 is 5.32 Å². The van der Waals surface area contributed by atoms with Gasteiger partial charge in [0.1, 0.15) is 11.1 Å². The number of hydrogen-bond donors (Lipinski definition) is 1. The molecule has 0 aromatic carbocycles. The summed E-state index contributed by atoms with van der Waals surface area (Å²) < 4.78 is 5.11. The molecule has 1 amide bonds. The first-order chi connectivity index (χ1) is 6.83. The lowest BCUT2D eigenvalue weighted by Gasteiger charge is -2.20.